The number of nitrogens with zero attached hydrogens (tertiary/aromatic N) is 2. The van der Waals surface area contributed by atoms with Crippen molar-refractivity contribution < 1.29 is 14.4 Å². The fourth-order valence-corrected chi connectivity index (χ4v) is 3.24. The summed E-state index contributed by atoms with van der Waals surface area (Å²) >= 11 is 5.81. The molecule has 1 saturated heterocycles. The number of carbonyl (C=O) groups is 3. The molecule has 0 radical (unpaired) electrons. The smallest absolute Gasteiger partial charge is 0.253 e. The number of piperazine rings is 1. The third-order valence-corrected chi connectivity index (χ3v) is 5.20. The molecule has 0 aliphatic carbocycles. The van der Waals surface area contributed by atoms with Crippen molar-refractivity contribution >= 4 is 34.9 Å². The minimum atomic E-state index is -0.245. The number of likely N-dealkylation sites (N-methyl/N-ethyl adjacent to an activating group) is 1. The van der Waals surface area contributed by atoms with Crippen molar-refractivity contribution in [1.29, 1.82) is 0 Å². The minimum absolute atomic E-state index is 0.00420. The van der Waals surface area contributed by atoms with Crippen LogP contribution in [0.5, 0.6) is 0 Å². The van der Waals surface area contributed by atoms with Gasteiger partial charge in [-0.05, 0) is 55.6 Å². The Morgan fingerprint density at radius 3 is 2.07 bits per heavy atom. The van der Waals surface area contributed by atoms with Gasteiger partial charge in [-0.15, -0.1) is 0 Å². The fourth-order valence-electron chi connectivity index (χ4n) is 3.12. The molecule has 1 fully saturated rings. The van der Waals surface area contributed by atoms with Crippen LogP contribution in [-0.4, -0.2) is 60.6 Å². The van der Waals surface area contributed by atoms with E-state index in [9.17, 15) is 14.4 Å². The largest absolute Gasteiger partial charge is 0.336 e. The Hall–Kier alpha value is -2.70. The van der Waals surface area contributed by atoms with Crippen LogP contribution in [0.3, 0.4) is 0 Å². The molecule has 0 atom stereocenters. The molecule has 6 nitrogen and oxygen atoms in total. The molecule has 1 aliphatic heterocycles. The second-order valence-corrected chi connectivity index (χ2v) is 7.59. The van der Waals surface area contributed by atoms with Gasteiger partial charge in [-0.2, -0.15) is 0 Å². The molecule has 7 heteroatoms. The SMILES string of the molecule is CN1CCN(C(=O)c2ccc(NC(=O)CCC(=O)c3ccc(Cl)cc3)cc2)CC1. The molecule has 152 valence electrons. The summed E-state index contributed by atoms with van der Waals surface area (Å²) in [4.78, 5) is 40.9. The van der Waals surface area contributed by atoms with Gasteiger partial charge in [-0.1, -0.05) is 11.6 Å². The average Bonchev–Trinajstić information content (AvgIpc) is 2.73. The lowest BCUT2D eigenvalue weighted by Crippen LogP contribution is -2.47. The van der Waals surface area contributed by atoms with E-state index in [1.54, 1.807) is 48.5 Å². The van der Waals surface area contributed by atoms with E-state index >= 15 is 0 Å². The van der Waals surface area contributed by atoms with E-state index in [-0.39, 0.29) is 30.4 Å². The Morgan fingerprint density at radius 2 is 1.45 bits per heavy atom. The number of halogens is 1. The maximum atomic E-state index is 12.5. The van der Waals surface area contributed by atoms with E-state index in [1.807, 2.05) is 11.9 Å². The van der Waals surface area contributed by atoms with Crippen molar-refractivity contribution in [3.8, 4) is 0 Å². The topological polar surface area (TPSA) is 69.7 Å². The number of anilines is 1. The van der Waals surface area contributed by atoms with Crippen molar-refractivity contribution in [1.82, 2.24) is 9.80 Å². The van der Waals surface area contributed by atoms with Gasteiger partial charge in [0.05, 0.1) is 0 Å². The highest BCUT2D eigenvalue weighted by Crippen LogP contribution is 2.15. The normalized spacial score (nSPS) is 14.5. The highest BCUT2D eigenvalue weighted by atomic mass is 35.5. The minimum Gasteiger partial charge on any atom is -0.336 e. The van der Waals surface area contributed by atoms with Gasteiger partial charge in [0.2, 0.25) is 5.91 Å². The standard InChI is InChI=1S/C22H24ClN3O3/c1-25-12-14-26(15-13-25)22(29)17-4-8-19(9-5-17)24-21(28)11-10-20(27)16-2-6-18(23)7-3-16/h2-9H,10-15H2,1H3,(H,24,28). The van der Waals surface area contributed by atoms with Crippen molar-refractivity contribution in [3.63, 3.8) is 0 Å². The number of hydrogen-bond donors (Lipinski definition) is 1. The monoisotopic (exact) mass is 413 g/mol. The first kappa shape index (κ1) is 21.0. The fraction of sp³-hybridized carbons (Fsp3) is 0.318. The van der Waals surface area contributed by atoms with E-state index in [4.69, 9.17) is 11.6 Å². The van der Waals surface area contributed by atoms with Gasteiger partial charge in [0.1, 0.15) is 0 Å². The Labute approximate surface area is 175 Å². The van der Waals surface area contributed by atoms with Crippen LogP contribution in [0.4, 0.5) is 5.69 Å². The highest BCUT2D eigenvalue weighted by Gasteiger charge is 2.20. The summed E-state index contributed by atoms with van der Waals surface area (Å²) in [6.07, 6.45) is 0.205. The van der Waals surface area contributed by atoms with Crippen LogP contribution in [0.1, 0.15) is 33.6 Å². The zero-order valence-electron chi connectivity index (χ0n) is 16.4. The van der Waals surface area contributed by atoms with Crippen LogP contribution in [-0.2, 0) is 4.79 Å². The van der Waals surface area contributed by atoms with Gasteiger partial charge in [-0.3, -0.25) is 14.4 Å². The number of hydrogen-bond acceptors (Lipinski definition) is 4. The molecule has 0 aromatic heterocycles. The Morgan fingerprint density at radius 1 is 0.862 bits per heavy atom. The lowest BCUT2D eigenvalue weighted by atomic mass is 10.1. The number of ketones is 1. The number of Topliss-reactive ketones (excluding diaryl/α,β-unsaturated/α-hetero) is 1. The molecular formula is C22H24ClN3O3. The summed E-state index contributed by atoms with van der Waals surface area (Å²) in [5, 5.41) is 3.33. The average molecular weight is 414 g/mol. The molecule has 1 aliphatic rings. The first-order valence-electron chi connectivity index (χ1n) is 9.59. The summed E-state index contributed by atoms with van der Waals surface area (Å²) in [6.45, 7) is 3.17. The second-order valence-electron chi connectivity index (χ2n) is 7.15. The zero-order chi connectivity index (χ0) is 20.8. The Bertz CT molecular complexity index is 873. The van der Waals surface area contributed by atoms with Crippen LogP contribution >= 0.6 is 11.6 Å². The number of carbonyl (C=O) groups excluding carboxylic acids is 3. The van der Waals surface area contributed by atoms with E-state index in [0.717, 1.165) is 26.2 Å². The molecule has 0 spiro atoms. The zero-order valence-corrected chi connectivity index (χ0v) is 17.1. The number of nitrogens with one attached hydrogen (secondary N) is 1. The van der Waals surface area contributed by atoms with Crippen LogP contribution in [0.25, 0.3) is 0 Å². The van der Waals surface area contributed by atoms with Crippen molar-refractivity contribution in [3.05, 3.63) is 64.7 Å². The molecule has 0 unspecified atom stereocenters. The summed E-state index contributed by atoms with van der Waals surface area (Å²) in [5.74, 6) is -0.347. The molecule has 2 aromatic rings. The molecular weight excluding hydrogens is 390 g/mol. The lowest BCUT2D eigenvalue weighted by molar-refractivity contribution is -0.116. The lowest BCUT2D eigenvalue weighted by Gasteiger charge is -2.32. The van der Waals surface area contributed by atoms with E-state index < -0.39 is 0 Å². The number of amides is 2. The molecule has 2 amide bonds. The van der Waals surface area contributed by atoms with Crippen LogP contribution in [0.15, 0.2) is 48.5 Å². The van der Waals surface area contributed by atoms with Gasteiger partial charge in [-0.25, -0.2) is 0 Å². The summed E-state index contributed by atoms with van der Waals surface area (Å²) in [7, 11) is 2.04. The van der Waals surface area contributed by atoms with Gasteiger partial charge in [0.25, 0.3) is 5.91 Å². The first-order valence-corrected chi connectivity index (χ1v) is 9.96. The van der Waals surface area contributed by atoms with Gasteiger partial charge >= 0.3 is 0 Å². The van der Waals surface area contributed by atoms with Crippen LogP contribution in [0.2, 0.25) is 5.02 Å². The molecule has 1 heterocycles. The molecule has 29 heavy (non-hydrogen) atoms. The van der Waals surface area contributed by atoms with Crippen molar-refractivity contribution in [2.24, 2.45) is 0 Å². The molecule has 0 saturated carbocycles. The van der Waals surface area contributed by atoms with Crippen molar-refractivity contribution in [2.75, 3.05) is 38.5 Å². The predicted octanol–water partition coefficient (Wildman–Crippen LogP) is 3.33. The van der Waals surface area contributed by atoms with Gasteiger partial charge < -0.3 is 15.1 Å². The third kappa shape index (κ3) is 5.89. The highest BCUT2D eigenvalue weighted by molar-refractivity contribution is 6.30. The third-order valence-electron chi connectivity index (χ3n) is 4.95. The maximum Gasteiger partial charge on any atom is 0.253 e. The quantitative estimate of drug-likeness (QED) is 0.737. The Kier molecular flexibility index (Phi) is 7.01. The molecule has 0 bridgehead atoms. The summed E-state index contributed by atoms with van der Waals surface area (Å²) in [6, 6.07) is 13.5. The van der Waals surface area contributed by atoms with Gasteiger partial charge in [0.15, 0.2) is 5.78 Å². The second kappa shape index (κ2) is 9.67. The maximum absolute atomic E-state index is 12.5. The number of rotatable bonds is 6. The van der Waals surface area contributed by atoms with E-state index in [0.29, 0.717) is 21.8 Å². The number of benzene rings is 2. The van der Waals surface area contributed by atoms with Gasteiger partial charge in [0, 0.05) is 60.9 Å². The summed E-state index contributed by atoms with van der Waals surface area (Å²) in [5.41, 5.74) is 1.74. The van der Waals surface area contributed by atoms with E-state index in [2.05, 4.69) is 10.2 Å². The molecule has 2 aromatic carbocycles. The molecule has 3 rings (SSSR count). The first-order chi connectivity index (χ1) is 13.9. The van der Waals surface area contributed by atoms with Crippen molar-refractivity contribution in [2.45, 2.75) is 12.8 Å². The Balaban J connectivity index is 1.48. The van der Waals surface area contributed by atoms with Crippen LogP contribution in [0, 0.1) is 0 Å². The predicted molar refractivity (Wildman–Crippen MR) is 113 cm³/mol. The van der Waals surface area contributed by atoms with Crippen LogP contribution < -0.4 is 5.32 Å². The summed E-state index contributed by atoms with van der Waals surface area (Å²) < 4.78 is 0. The van der Waals surface area contributed by atoms with E-state index in [1.165, 1.54) is 0 Å². The molecule has 1 N–H and O–H groups in total.